The Morgan fingerprint density at radius 3 is 3.05 bits per heavy atom. The van der Waals surface area contributed by atoms with E-state index in [9.17, 15) is 4.79 Å². The van der Waals surface area contributed by atoms with Gasteiger partial charge in [0, 0.05) is 17.3 Å². The number of aromatic nitrogens is 1. The number of aliphatic hydroxyl groups is 1. The summed E-state index contributed by atoms with van der Waals surface area (Å²) >= 11 is 3.03. The van der Waals surface area contributed by atoms with Crippen LogP contribution < -0.4 is 11.1 Å². The highest BCUT2D eigenvalue weighted by molar-refractivity contribution is 7.17. The third kappa shape index (κ3) is 3.78. The highest BCUT2D eigenvalue weighted by Crippen LogP contribution is 2.33. The number of thiazole rings is 1. The smallest absolute Gasteiger partial charge is 0.220 e. The Balaban J connectivity index is 2.02. The molecule has 0 saturated heterocycles. The first-order valence-corrected chi connectivity index (χ1v) is 7.99. The van der Waals surface area contributed by atoms with E-state index in [4.69, 9.17) is 10.8 Å². The summed E-state index contributed by atoms with van der Waals surface area (Å²) < 4.78 is 0. The Morgan fingerprint density at radius 1 is 1.60 bits per heavy atom. The van der Waals surface area contributed by atoms with Gasteiger partial charge in [-0.3, -0.25) is 4.79 Å². The van der Waals surface area contributed by atoms with E-state index in [0.717, 1.165) is 15.4 Å². The quantitative estimate of drug-likeness (QED) is 0.760. The van der Waals surface area contributed by atoms with E-state index < -0.39 is 0 Å². The van der Waals surface area contributed by atoms with Crippen LogP contribution in [0.25, 0.3) is 10.6 Å². The fourth-order valence-electron chi connectivity index (χ4n) is 1.76. The van der Waals surface area contributed by atoms with E-state index in [2.05, 4.69) is 10.3 Å². The van der Waals surface area contributed by atoms with Crippen molar-refractivity contribution in [3.8, 4) is 10.6 Å². The molecule has 0 spiro atoms. The van der Waals surface area contributed by atoms with Gasteiger partial charge in [0.1, 0.15) is 0 Å². The fourth-order valence-corrected chi connectivity index (χ4v) is 3.42. The number of nitrogen functional groups attached to an aromatic ring is 1. The molecular weight excluding hydrogens is 294 g/mol. The number of nitrogens with one attached hydrogen (secondary N) is 1. The van der Waals surface area contributed by atoms with Crippen LogP contribution in [-0.2, 0) is 11.2 Å². The molecule has 20 heavy (non-hydrogen) atoms. The average molecular weight is 311 g/mol. The molecule has 7 heteroatoms. The first kappa shape index (κ1) is 15.0. The number of aliphatic hydroxyl groups excluding tert-OH is 1. The Kier molecular flexibility index (Phi) is 5.11. The molecule has 108 valence electrons. The van der Waals surface area contributed by atoms with E-state index in [1.165, 1.54) is 11.3 Å². The van der Waals surface area contributed by atoms with Crippen LogP contribution in [-0.4, -0.2) is 28.6 Å². The second kappa shape index (κ2) is 6.83. The molecule has 0 aliphatic rings. The predicted octanol–water partition coefficient (Wildman–Crippen LogP) is 1.88. The number of amides is 1. The zero-order chi connectivity index (χ0) is 14.5. The first-order valence-electron chi connectivity index (χ1n) is 6.29. The highest BCUT2D eigenvalue weighted by Gasteiger charge is 2.14. The number of carbonyl (C=O) groups excluding carboxylic acids is 1. The van der Waals surface area contributed by atoms with Crippen LogP contribution in [0.5, 0.6) is 0 Å². The van der Waals surface area contributed by atoms with Crippen LogP contribution in [0, 0.1) is 0 Å². The first-order chi connectivity index (χ1) is 9.60. The monoisotopic (exact) mass is 311 g/mol. The van der Waals surface area contributed by atoms with Crippen LogP contribution in [0.4, 0.5) is 5.13 Å². The van der Waals surface area contributed by atoms with Crippen molar-refractivity contribution in [2.75, 3.05) is 12.3 Å². The summed E-state index contributed by atoms with van der Waals surface area (Å²) in [6, 6.07) is 3.75. The largest absolute Gasteiger partial charge is 0.394 e. The van der Waals surface area contributed by atoms with Gasteiger partial charge in [0.05, 0.1) is 17.2 Å². The predicted molar refractivity (Wildman–Crippen MR) is 82.9 cm³/mol. The van der Waals surface area contributed by atoms with E-state index in [-0.39, 0.29) is 18.6 Å². The zero-order valence-corrected chi connectivity index (χ0v) is 12.8. The van der Waals surface area contributed by atoms with Gasteiger partial charge in [-0.05, 0) is 24.8 Å². The summed E-state index contributed by atoms with van der Waals surface area (Å²) in [5.74, 6) is -0.0735. The number of hydrogen-bond donors (Lipinski definition) is 3. The average Bonchev–Trinajstić information content (AvgIpc) is 3.05. The van der Waals surface area contributed by atoms with Crippen molar-refractivity contribution in [1.29, 1.82) is 0 Å². The van der Waals surface area contributed by atoms with Gasteiger partial charge in [-0.2, -0.15) is 0 Å². The molecule has 2 aromatic heterocycles. The molecule has 0 bridgehead atoms. The molecule has 2 rings (SSSR count). The summed E-state index contributed by atoms with van der Waals surface area (Å²) in [6.45, 7) is 1.71. The molecule has 0 fully saturated rings. The van der Waals surface area contributed by atoms with Gasteiger partial charge in [-0.25, -0.2) is 4.98 Å². The van der Waals surface area contributed by atoms with Gasteiger partial charge in [0.25, 0.3) is 0 Å². The molecule has 2 heterocycles. The molecule has 2 aromatic rings. The number of thiophene rings is 1. The number of rotatable bonds is 6. The summed E-state index contributed by atoms with van der Waals surface area (Å²) in [7, 11) is 0. The Bertz CT molecular complexity index is 566. The van der Waals surface area contributed by atoms with Crippen molar-refractivity contribution in [3.05, 3.63) is 22.4 Å². The second-order valence-electron chi connectivity index (χ2n) is 4.45. The van der Waals surface area contributed by atoms with Crippen LogP contribution in [0.15, 0.2) is 17.5 Å². The SMILES string of the molecule is CC(CO)NC(=O)CCc1sc(N)nc1-c1cccs1. The summed E-state index contributed by atoms with van der Waals surface area (Å²) in [4.78, 5) is 18.2. The minimum Gasteiger partial charge on any atom is -0.394 e. The number of carbonyl (C=O) groups is 1. The third-order valence-corrected chi connectivity index (χ3v) is 4.55. The maximum Gasteiger partial charge on any atom is 0.220 e. The number of hydrogen-bond acceptors (Lipinski definition) is 6. The molecule has 1 amide bonds. The molecule has 0 radical (unpaired) electrons. The summed E-state index contributed by atoms with van der Waals surface area (Å²) in [5.41, 5.74) is 6.65. The lowest BCUT2D eigenvalue weighted by Crippen LogP contribution is -2.35. The number of nitrogens with two attached hydrogens (primary N) is 1. The highest BCUT2D eigenvalue weighted by atomic mass is 32.1. The van der Waals surface area contributed by atoms with Crippen LogP contribution in [0.3, 0.4) is 0 Å². The lowest BCUT2D eigenvalue weighted by atomic mass is 10.2. The van der Waals surface area contributed by atoms with Gasteiger partial charge in [0.15, 0.2) is 5.13 Å². The standard InChI is InChI=1S/C13H17N3O2S2/c1-8(7-17)15-11(18)5-4-10-12(16-13(14)20-10)9-3-2-6-19-9/h2-3,6,8,17H,4-5,7H2,1H3,(H2,14,16)(H,15,18). The van der Waals surface area contributed by atoms with Gasteiger partial charge in [-0.1, -0.05) is 6.07 Å². The van der Waals surface area contributed by atoms with Crippen molar-refractivity contribution in [2.45, 2.75) is 25.8 Å². The summed E-state index contributed by atoms with van der Waals surface area (Å²) in [5, 5.41) is 14.1. The summed E-state index contributed by atoms with van der Waals surface area (Å²) in [6.07, 6.45) is 0.969. The number of aryl methyl sites for hydroxylation is 1. The number of nitrogens with zero attached hydrogens (tertiary/aromatic N) is 1. The van der Waals surface area contributed by atoms with E-state index in [0.29, 0.717) is 18.0 Å². The lowest BCUT2D eigenvalue weighted by molar-refractivity contribution is -0.121. The minimum atomic E-state index is -0.217. The molecule has 0 aromatic carbocycles. The van der Waals surface area contributed by atoms with Crippen molar-refractivity contribution < 1.29 is 9.90 Å². The maximum absolute atomic E-state index is 11.7. The maximum atomic E-state index is 11.7. The molecular formula is C13H17N3O2S2. The Labute approximate surface area is 125 Å². The molecule has 1 unspecified atom stereocenters. The fraction of sp³-hybridized carbons (Fsp3) is 0.385. The van der Waals surface area contributed by atoms with E-state index >= 15 is 0 Å². The molecule has 0 aliphatic heterocycles. The second-order valence-corrected chi connectivity index (χ2v) is 6.52. The van der Waals surface area contributed by atoms with Crippen molar-refractivity contribution in [2.24, 2.45) is 0 Å². The van der Waals surface area contributed by atoms with Gasteiger partial charge >= 0.3 is 0 Å². The topological polar surface area (TPSA) is 88.2 Å². The Morgan fingerprint density at radius 2 is 2.40 bits per heavy atom. The van der Waals surface area contributed by atoms with Crippen molar-refractivity contribution in [1.82, 2.24) is 10.3 Å². The normalized spacial score (nSPS) is 12.3. The molecule has 1 atom stereocenters. The molecule has 5 nitrogen and oxygen atoms in total. The van der Waals surface area contributed by atoms with Gasteiger partial charge in [0.2, 0.25) is 5.91 Å². The molecule has 4 N–H and O–H groups in total. The zero-order valence-electron chi connectivity index (χ0n) is 11.1. The van der Waals surface area contributed by atoms with Crippen molar-refractivity contribution in [3.63, 3.8) is 0 Å². The van der Waals surface area contributed by atoms with E-state index in [1.807, 2.05) is 17.5 Å². The van der Waals surface area contributed by atoms with Crippen LogP contribution in [0.1, 0.15) is 18.2 Å². The molecule has 0 saturated carbocycles. The van der Waals surface area contributed by atoms with Crippen LogP contribution >= 0.6 is 22.7 Å². The van der Waals surface area contributed by atoms with Gasteiger partial charge in [-0.15, -0.1) is 22.7 Å². The lowest BCUT2D eigenvalue weighted by Gasteiger charge is -2.10. The van der Waals surface area contributed by atoms with Crippen molar-refractivity contribution >= 4 is 33.7 Å². The van der Waals surface area contributed by atoms with E-state index in [1.54, 1.807) is 18.3 Å². The van der Waals surface area contributed by atoms with Crippen LogP contribution in [0.2, 0.25) is 0 Å². The number of anilines is 1. The third-order valence-electron chi connectivity index (χ3n) is 2.73. The minimum absolute atomic E-state index is 0.0559. The molecule has 0 aliphatic carbocycles. The Hall–Kier alpha value is -1.44. The van der Waals surface area contributed by atoms with Gasteiger partial charge < -0.3 is 16.2 Å².